The van der Waals surface area contributed by atoms with E-state index in [0.717, 1.165) is 5.92 Å². The molecule has 1 saturated carbocycles. The molecule has 0 aliphatic heterocycles. The van der Waals surface area contributed by atoms with Gasteiger partial charge in [-0.2, -0.15) is 0 Å². The largest absolute Gasteiger partial charge is 0.295 e. The average Bonchev–Trinajstić information content (AvgIpc) is 2.51. The zero-order valence-corrected chi connectivity index (χ0v) is 12.3. The van der Waals surface area contributed by atoms with E-state index in [0.29, 0.717) is 12.3 Å². The number of allylic oxidation sites excluding steroid dienone is 2. The van der Waals surface area contributed by atoms with Gasteiger partial charge in [0, 0.05) is 12.3 Å². The first-order valence-corrected chi connectivity index (χ1v) is 7.97. The Hall–Kier alpha value is -1.37. The van der Waals surface area contributed by atoms with Gasteiger partial charge in [-0.05, 0) is 35.8 Å². The standard InChI is InChI=1S/C19H24O/c1-19(16-10-6-3-7-11-16)13-12-17(20)14-18(19)15-8-4-2-5-9-15/h2,4-5,8-9,12-13,16,18H,3,6-7,10-11,14H2,1H3/t18-,19-/m1/s1. The van der Waals surface area contributed by atoms with Crippen molar-refractivity contribution in [1.29, 1.82) is 0 Å². The summed E-state index contributed by atoms with van der Waals surface area (Å²) >= 11 is 0. The van der Waals surface area contributed by atoms with E-state index >= 15 is 0 Å². The van der Waals surface area contributed by atoms with Gasteiger partial charge in [0.1, 0.15) is 0 Å². The van der Waals surface area contributed by atoms with Crippen LogP contribution in [0.25, 0.3) is 0 Å². The summed E-state index contributed by atoms with van der Waals surface area (Å²) in [6, 6.07) is 10.6. The number of carbonyl (C=O) groups excluding carboxylic acids is 1. The smallest absolute Gasteiger partial charge is 0.156 e. The van der Waals surface area contributed by atoms with Crippen molar-refractivity contribution in [2.75, 3.05) is 0 Å². The highest BCUT2D eigenvalue weighted by Gasteiger charge is 2.42. The normalized spacial score (nSPS) is 31.4. The van der Waals surface area contributed by atoms with Gasteiger partial charge >= 0.3 is 0 Å². The molecule has 1 heteroatoms. The molecular weight excluding hydrogens is 244 g/mol. The molecule has 106 valence electrons. The molecule has 2 aliphatic rings. The first-order chi connectivity index (χ1) is 9.70. The van der Waals surface area contributed by atoms with Crippen LogP contribution in [0, 0.1) is 11.3 Å². The molecule has 1 nitrogen and oxygen atoms in total. The fraction of sp³-hybridized carbons (Fsp3) is 0.526. The van der Waals surface area contributed by atoms with E-state index in [1.807, 2.05) is 6.08 Å². The van der Waals surface area contributed by atoms with E-state index in [2.05, 4.69) is 43.3 Å². The third-order valence-electron chi connectivity index (χ3n) is 5.47. The maximum atomic E-state index is 11.9. The Morgan fingerprint density at radius 3 is 2.45 bits per heavy atom. The van der Waals surface area contributed by atoms with Gasteiger partial charge in [-0.25, -0.2) is 0 Å². The van der Waals surface area contributed by atoms with Crippen LogP contribution in [-0.2, 0) is 4.79 Å². The fourth-order valence-electron chi connectivity index (χ4n) is 4.19. The Balaban J connectivity index is 1.96. The highest BCUT2D eigenvalue weighted by atomic mass is 16.1. The lowest BCUT2D eigenvalue weighted by molar-refractivity contribution is -0.116. The average molecular weight is 268 g/mol. The molecule has 0 unspecified atom stereocenters. The lowest BCUT2D eigenvalue weighted by Gasteiger charge is -2.45. The van der Waals surface area contributed by atoms with E-state index in [1.54, 1.807) is 0 Å². The lowest BCUT2D eigenvalue weighted by Crippen LogP contribution is -2.37. The van der Waals surface area contributed by atoms with Gasteiger partial charge < -0.3 is 0 Å². The quantitative estimate of drug-likeness (QED) is 0.746. The van der Waals surface area contributed by atoms with Crippen molar-refractivity contribution in [2.24, 2.45) is 11.3 Å². The van der Waals surface area contributed by atoms with Crippen molar-refractivity contribution < 1.29 is 4.79 Å². The lowest BCUT2D eigenvalue weighted by atomic mass is 9.58. The van der Waals surface area contributed by atoms with Crippen LogP contribution in [0.1, 0.15) is 56.9 Å². The van der Waals surface area contributed by atoms with Crippen LogP contribution in [0.5, 0.6) is 0 Å². The second-order valence-electron chi connectivity index (χ2n) is 6.67. The first-order valence-electron chi connectivity index (χ1n) is 7.97. The fourth-order valence-corrected chi connectivity index (χ4v) is 4.19. The van der Waals surface area contributed by atoms with Gasteiger partial charge in [-0.3, -0.25) is 4.79 Å². The second-order valence-corrected chi connectivity index (χ2v) is 6.67. The van der Waals surface area contributed by atoms with Gasteiger partial charge in [0.15, 0.2) is 5.78 Å². The van der Waals surface area contributed by atoms with Gasteiger partial charge in [0.2, 0.25) is 0 Å². The molecule has 3 rings (SSSR count). The van der Waals surface area contributed by atoms with Gasteiger partial charge in [0.25, 0.3) is 0 Å². The summed E-state index contributed by atoms with van der Waals surface area (Å²) < 4.78 is 0. The Morgan fingerprint density at radius 2 is 1.75 bits per heavy atom. The third kappa shape index (κ3) is 2.46. The van der Waals surface area contributed by atoms with Crippen molar-refractivity contribution in [3.8, 4) is 0 Å². The summed E-state index contributed by atoms with van der Waals surface area (Å²) in [6.45, 7) is 2.38. The molecule has 2 atom stereocenters. The molecule has 20 heavy (non-hydrogen) atoms. The third-order valence-corrected chi connectivity index (χ3v) is 5.47. The van der Waals surface area contributed by atoms with Gasteiger partial charge in [-0.1, -0.05) is 62.6 Å². The molecule has 0 saturated heterocycles. The van der Waals surface area contributed by atoms with Crippen molar-refractivity contribution in [3.05, 3.63) is 48.0 Å². The highest BCUT2D eigenvalue weighted by Crippen LogP contribution is 2.51. The van der Waals surface area contributed by atoms with Crippen LogP contribution in [0.2, 0.25) is 0 Å². The summed E-state index contributed by atoms with van der Waals surface area (Å²) in [6.07, 6.45) is 11.5. The van der Waals surface area contributed by atoms with E-state index in [9.17, 15) is 4.79 Å². The summed E-state index contributed by atoms with van der Waals surface area (Å²) in [7, 11) is 0. The number of rotatable bonds is 2. The van der Waals surface area contributed by atoms with E-state index in [-0.39, 0.29) is 11.2 Å². The number of hydrogen-bond acceptors (Lipinski definition) is 1. The van der Waals surface area contributed by atoms with Gasteiger partial charge in [0.05, 0.1) is 0 Å². The van der Waals surface area contributed by atoms with Crippen molar-refractivity contribution in [1.82, 2.24) is 0 Å². The van der Waals surface area contributed by atoms with Crippen LogP contribution in [0.15, 0.2) is 42.5 Å². The first kappa shape index (κ1) is 13.6. The summed E-state index contributed by atoms with van der Waals surface area (Å²) in [5.74, 6) is 1.36. The minimum Gasteiger partial charge on any atom is -0.295 e. The minimum atomic E-state index is 0.148. The van der Waals surface area contributed by atoms with Gasteiger partial charge in [-0.15, -0.1) is 0 Å². The predicted molar refractivity (Wildman–Crippen MR) is 82.6 cm³/mol. The molecule has 0 spiro atoms. The van der Waals surface area contributed by atoms with Crippen molar-refractivity contribution in [2.45, 2.75) is 51.4 Å². The van der Waals surface area contributed by atoms with Crippen LogP contribution in [0.4, 0.5) is 0 Å². The van der Waals surface area contributed by atoms with Crippen LogP contribution < -0.4 is 0 Å². The zero-order chi connectivity index (χ0) is 14.0. The monoisotopic (exact) mass is 268 g/mol. The minimum absolute atomic E-state index is 0.148. The number of carbonyl (C=O) groups is 1. The highest BCUT2D eigenvalue weighted by molar-refractivity contribution is 5.91. The zero-order valence-electron chi connectivity index (χ0n) is 12.3. The topological polar surface area (TPSA) is 17.1 Å². The predicted octanol–water partition coefficient (Wildman–Crippen LogP) is 4.89. The molecule has 0 bridgehead atoms. The Labute approximate surface area is 122 Å². The molecule has 0 heterocycles. The molecule has 0 amide bonds. The van der Waals surface area contributed by atoms with Crippen molar-refractivity contribution >= 4 is 5.78 Å². The SMILES string of the molecule is C[C@]1(C2CCCCC2)C=CC(=O)C[C@@H]1c1ccccc1. The van der Waals surface area contributed by atoms with E-state index < -0.39 is 0 Å². The van der Waals surface area contributed by atoms with E-state index in [4.69, 9.17) is 0 Å². The summed E-state index contributed by atoms with van der Waals surface area (Å²) in [4.78, 5) is 11.9. The molecule has 1 aromatic rings. The molecule has 2 aliphatic carbocycles. The molecule has 0 N–H and O–H groups in total. The van der Waals surface area contributed by atoms with Crippen molar-refractivity contribution in [3.63, 3.8) is 0 Å². The second kappa shape index (κ2) is 5.55. The number of benzene rings is 1. The molecule has 1 fully saturated rings. The Bertz CT molecular complexity index is 496. The molecular formula is C19H24O. The molecule has 0 aromatic heterocycles. The Morgan fingerprint density at radius 1 is 1.05 bits per heavy atom. The van der Waals surface area contributed by atoms with Crippen LogP contribution in [0.3, 0.4) is 0 Å². The van der Waals surface area contributed by atoms with Crippen LogP contribution in [-0.4, -0.2) is 5.78 Å². The number of ketones is 1. The Kier molecular flexibility index (Phi) is 3.78. The summed E-state index contributed by atoms with van der Waals surface area (Å²) in [5, 5.41) is 0. The molecule has 0 radical (unpaired) electrons. The molecule has 1 aromatic carbocycles. The maximum Gasteiger partial charge on any atom is 0.156 e. The maximum absolute atomic E-state index is 11.9. The number of hydrogen-bond donors (Lipinski definition) is 0. The van der Waals surface area contributed by atoms with E-state index in [1.165, 1.54) is 37.7 Å². The summed E-state index contributed by atoms with van der Waals surface area (Å²) in [5.41, 5.74) is 1.48. The van der Waals surface area contributed by atoms with Crippen LogP contribution >= 0.6 is 0 Å².